The van der Waals surface area contributed by atoms with Crippen LogP contribution in [0, 0.1) is 17.2 Å². The summed E-state index contributed by atoms with van der Waals surface area (Å²) in [7, 11) is 3.93. The summed E-state index contributed by atoms with van der Waals surface area (Å²) in [5, 5.41) is 8.95. The van der Waals surface area contributed by atoms with Gasteiger partial charge in [-0.2, -0.15) is 5.26 Å². The van der Waals surface area contributed by atoms with Gasteiger partial charge < -0.3 is 4.90 Å². The smallest absolute Gasteiger partial charge is 0.176 e. The van der Waals surface area contributed by atoms with Crippen LogP contribution in [-0.2, 0) is 4.79 Å². The van der Waals surface area contributed by atoms with Crippen molar-refractivity contribution in [2.45, 2.75) is 20.8 Å². The van der Waals surface area contributed by atoms with Crippen molar-refractivity contribution < 1.29 is 4.79 Å². The number of carbonyl (C=O) groups excluding carboxylic acids is 1. The maximum atomic E-state index is 11.7. The van der Waals surface area contributed by atoms with Crippen LogP contribution >= 0.6 is 0 Å². The summed E-state index contributed by atoms with van der Waals surface area (Å²) < 4.78 is 0. The Bertz CT molecular complexity index is 343. The van der Waals surface area contributed by atoms with E-state index < -0.39 is 0 Å². The SMILES string of the molecule is CC(/C=C/CN(C)C)=C(\C#N)C(=O)C(C)C. The van der Waals surface area contributed by atoms with Gasteiger partial charge >= 0.3 is 0 Å². The first kappa shape index (κ1) is 14.6. The van der Waals surface area contributed by atoms with E-state index in [4.69, 9.17) is 5.26 Å². The molecule has 0 aromatic heterocycles. The molecule has 0 spiro atoms. The van der Waals surface area contributed by atoms with E-state index in [1.165, 1.54) is 0 Å². The molecule has 0 saturated carbocycles. The van der Waals surface area contributed by atoms with E-state index >= 15 is 0 Å². The molecule has 0 fully saturated rings. The van der Waals surface area contributed by atoms with Crippen LogP contribution in [0.25, 0.3) is 0 Å². The second-order valence-electron chi connectivity index (χ2n) is 4.35. The summed E-state index contributed by atoms with van der Waals surface area (Å²) in [5.41, 5.74) is 1.01. The van der Waals surface area contributed by atoms with Crippen LogP contribution in [-0.4, -0.2) is 31.3 Å². The minimum absolute atomic E-state index is 0.0884. The maximum absolute atomic E-state index is 11.7. The highest BCUT2D eigenvalue weighted by Crippen LogP contribution is 2.11. The van der Waals surface area contributed by atoms with Crippen LogP contribution in [0.4, 0.5) is 0 Å². The number of nitriles is 1. The minimum Gasteiger partial charge on any atom is -0.306 e. The maximum Gasteiger partial charge on any atom is 0.176 e. The lowest BCUT2D eigenvalue weighted by Gasteiger charge is -2.06. The Morgan fingerprint density at radius 2 is 2.00 bits per heavy atom. The van der Waals surface area contributed by atoms with Gasteiger partial charge in [0.2, 0.25) is 0 Å². The van der Waals surface area contributed by atoms with E-state index in [1.54, 1.807) is 20.8 Å². The monoisotopic (exact) mass is 220 g/mol. The van der Waals surface area contributed by atoms with Crippen LogP contribution in [0.1, 0.15) is 20.8 Å². The van der Waals surface area contributed by atoms with Crippen molar-refractivity contribution in [2.75, 3.05) is 20.6 Å². The Morgan fingerprint density at radius 1 is 1.44 bits per heavy atom. The molecule has 0 heterocycles. The third-order valence-corrected chi connectivity index (χ3v) is 2.12. The van der Waals surface area contributed by atoms with Crippen molar-refractivity contribution in [3.8, 4) is 6.07 Å². The molecule has 0 aromatic carbocycles. The number of rotatable bonds is 5. The van der Waals surface area contributed by atoms with E-state index in [-0.39, 0.29) is 17.3 Å². The van der Waals surface area contributed by atoms with Gasteiger partial charge in [-0.15, -0.1) is 0 Å². The topological polar surface area (TPSA) is 44.1 Å². The highest BCUT2D eigenvalue weighted by Gasteiger charge is 2.14. The van der Waals surface area contributed by atoms with Crippen molar-refractivity contribution >= 4 is 5.78 Å². The molecule has 88 valence electrons. The quantitative estimate of drug-likeness (QED) is 0.405. The predicted octanol–water partition coefficient (Wildman–Crippen LogP) is 2.17. The molecule has 3 heteroatoms. The highest BCUT2D eigenvalue weighted by molar-refractivity contribution is 6.01. The number of ketones is 1. The van der Waals surface area contributed by atoms with Crippen molar-refractivity contribution in [1.29, 1.82) is 5.26 Å². The summed E-state index contributed by atoms with van der Waals surface area (Å²) in [6, 6.07) is 1.99. The first-order valence-corrected chi connectivity index (χ1v) is 5.36. The van der Waals surface area contributed by atoms with Gasteiger partial charge in [0.25, 0.3) is 0 Å². The van der Waals surface area contributed by atoms with Crippen LogP contribution in [0.3, 0.4) is 0 Å². The highest BCUT2D eigenvalue weighted by atomic mass is 16.1. The number of hydrogen-bond acceptors (Lipinski definition) is 3. The molecular weight excluding hydrogens is 200 g/mol. The molecule has 16 heavy (non-hydrogen) atoms. The lowest BCUT2D eigenvalue weighted by atomic mass is 9.98. The van der Waals surface area contributed by atoms with Gasteiger partial charge in [-0.05, 0) is 26.6 Å². The molecule has 0 aliphatic heterocycles. The standard InChI is InChI=1S/C13H20N2O/c1-10(2)13(16)12(9-14)11(3)7-6-8-15(4)5/h6-7,10H,8H2,1-5H3/b7-6+,12-11-. The second-order valence-corrected chi connectivity index (χ2v) is 4.35. The van der Waals surface area contributed by atoms with Gasteiger partial charge in [-0.3, -0.25) is 4.79 Å². The van der Waals surface area contributed by atoms with Crippen molar-refractivity contribution in [3.05, 3.63) is 23.3 Å². The van der Waals surface area contributed by atoms with E-state index in [0.717, 1.165) is 12.1 Å². The number of Topliss-reactive ketones (excluding diaryl/α,β-unsaturated/α-hetero) is 1. The molecule has 0 bridgehead atoms. The summed E-state index contributed by atoms with van der Waals surface area (Å²) in [6.45, 7) is 6.20. The number of carbonyl (C=O) groups is 1. The van der Waals surface area contributed by atoms with E-state index in [2.05, 4.69) is 0 Å². The van der Waals surface area contributed by atoms with Gasteiger partial charge in [0.05, 0.1) is 5.57 Å². The molecule has 0 unspecified atom stereocenters. The average molecular weight is 220 g/mol. The molecular formula is C13H20N2O. The summed E-state index contributed by atoms with van der Waals surface area (Å²) >= 11 is 0. The van der Waals surface area contributed by atoms with Crippen molar-refractivity contribution in [1.82, 2.24) is 4.90 Å². The van der Waals surface area contributed by atoms with Crippen molar-refractivity contribution in [2.24, 2.45) is 5.92 Å². The molecule has 0 aliphatic rings. The van der Waals surface area contributed by atoms with Crippen LogP contribution < -0.4 is 0 Å². The van der Waals surface area contributed by atoms with Gasteiger partial charge in [-0.1, -0.05) is 26.0 Å². The first-order valence-electron chi connectivity index (χ1n) is 5.36. The first-order chi connectivity index (χ1) is 7.40. The number of likely N-dealkylation sites (N-methyl/N-ethyl adjacent to an activating group) is 1. The fourth-order valence-corrected chi connectivity index (χ4v) is 1.15. The fourth-order valence-electron chi connectivity index (χ4n) is 1.15. The van der Waals surface area contributed by atoms with Crippen LogP contribution in [0.2, 0.25) is 0 Å². The van der Waals surface area contributed by atoms with E-state index in [0.29, 0.717) is 0 Å². The summed E-state index contributed by atoms with van der Waals surface area (Å²) in [4.78, 5) is 13.7. The minimum atomic E-state index is -0.133. The van der Waals surface area contributed by atoms with Crippen molar-refractivity contribution in [3.63, 3.8) is 0 Å². The number of hydrogen-bond donors (Lipinski definition) is 0. The molecule has 0 aromatic rings. The number of allylic oxidation sites excluding steroid dienone is 3. The molecule has 0 saturated heterocycles. The van der Waals surface area contributed by atoms with Gasteiger partial charge in [0, 0.05) is 12.5 Å². The molecule has 0 aliphatic carbocycles. The van der Waals surface area contributed by atoms with Crippen LogP contribution in [0.5, 0.6) is 0 Å². The Hall–Kier alpha value is -1.40. The molecule has 0 N–H and O–H groups in total. The zero-order valence-electron chi connectivity index (χ0n) is 10.7. The predicted molar refractivity (Wildman–Crippen MR) is 65.9 cm³/mol. The molecule has 3 nitrogen and oxygen atoms in total. The molecule has 0 rings (SSSR count). The number of nitrogens with zero attached hydrogens (tertiary/aromatic N) is 2. The molecule has 0 atom stereocenters. The zero-order chi connectivity index (χ0) is 12.7. The van der Waals surface area contributed by atoms with Gasteiger partial charge in [0.1, 0.15) is 6.07 Å². The molecule has 0 amide bonds. The third-order valence-electron chi connectivity index (χ3n) is 2.12. The lowest BCUT2D eigenvalue weighted by molar-refractivity contribution is -0.117. The van der Waals surface area contributed by atoms with Crippen LogP contribution in [0.15, 0.2) is 23.3 Å². The van der Waals surface area contributed by atoms with E-state index in [9.17, 15) is 4.79 Å². The third kappa shape index (κ3) is 4.90. The van der Waals surface area contributed by atoms with Gasteiger partial charge in [-0.25, -0.2) is 0 Å². The summed E-state index contributed by atoms with van der Waals surface area (Å²) in [5.74, 6) is -0.221. The fraction of sp³-hybridized carbons (Fsp3) is 0.538. The Balaban J connectivity index is 4.84. The Kier molecular flexibility index (Phi) is 6.36. The normalized spacial score (nSPS) is 13.1. The zero-order valence-corrected chi connectivity index (χ0v) is 10.7. The summed E-state index contributed by atoms with van der Waals surface area (Å²) in [6.07, 6.45) is 3.78. The molecule has 0 radical (unpaired) electrons. The van der Waals surface area contributed by atoms with Gasteiger partial charge in [0.15, 0.2) is 5.78 Å². The average Bonchev–Trinajstić information content (AvgIpc) is 2.17. The Labute approximate surface area is 98.1 Å². The Morgan fingerprint density at radius 3 is 2.38 bits per heavy atom. The second kappa shape index (κ2) is 6.97. The van der Waals surface area contributed by atoms with E-state index in [1.807, 2.05) is 37.2 Å². The lowest BCUT2D eigenvalue weighted by Crippen LogP contribution is -2.11. The largest absolute Gasteiger partial charge is 0.306 e.